The quantitative estimate of drug-likeness (QED) is 0.170. The van der Waals surface area contributed by atoms with Gasteiger partial charge in [-0.3, -0.25) is 9.59 Å². The van der Waals surface area contributed by atoms with E-state index in [2.05, 4.69) is 6.92 Å². The van der Waals surface area contributed by atoms with Gasteiger partial charge in [0.25, 0.3) is 0 Å². The molecular formula is C26H31F3O3. The third kappa shape index (κ3) is 8.85. The molecule has 0 radical (unpaired) electrons. The molecule has 0 unspecified atom stereocenters. The van der Waals surface area contributed by atoms with Gasteiger partial charge in [0.2, 0.25) is 5.78 Å². The van der Waals surface area contributed by atoms with E-state index in [-0.39, 0.29) is 5.56 Å². The van der Waals surface area contributed by atoms with Crippen LogP contribution < -0.4 is 4.74 Å². The SMILES string of the molecule is CCCCCCCCCCOc1ccc(-c2ccc(C(=O)CC(=O)C(F)(F)F)cc2)cc1. The van der Waals surface area contributed by atoms with Gasteiger partial charge in [0.15, 0.2) is 5.78 Å². The predicted molar refractivity (Wildman–Crippen MR) is 120 cm³/mol. The average Bonchev–Trinajstić information content (AvgIpc) is 2.78. The van der Waals surface area contributed by atoms with E-state index in [1.807, 2.05) is 24.3 Å². The highest BCUT2D eigenvalue weighted by molar-refractivity contribution is 6.09. The Bertz CT molecular complexity index is 840. The summed E-state index contributed by atoms with van der Waals surface area (Å²) in [7, 11) is 0. The van der Waals surface area contributed by atoms with Gasteiger partial charge < -0.3 is 4.74 Å². The molecule has 174 valence electrons. The fourth-order valence-electron chi connectivity index (χ4n) is 3.37. The minimum absolute atomic E-state index is 0.0802. The first kappa shape index (κ1) is 25.6. The van der Waals surface area contributed by atoms with Crippen LogP contribution in [-0.2, 0) is 4.79 Å². The number of unbranched alkanes of at least 4 members (excludes halogenated alkanes) is 7. The van der Waals surface area contributed by atoms with Gasteiger partial charge in [-0.2, -0.15) is 13.2 Å². The van der Waals surface area contributed by atoms with Gasteiger partial charge in [0.05, 0.1) is 13.0 Å². The first-order valence-corrected chi connectivity index (χ1v) is 11.3. The molecule has 3 nitrogen and oxygen atoms in total. The van der Waals surface area contributed by atoms with Crippen molar-refractivity contribution >= 4 is 11.6 Å². The molecule has 0 saturated heterocycles. The molecule has 0 fully saturated rings. The van der Waals surface area contributed by atoms with Crippen molar-refractivity contribution in [2.75, 3.05) is 6.61 Å². The van der Waals surface area contributed by atoms with Gasteiger partial charge in [0.1, 0.15) is 5.75 Å². The second-order valence-electron chi connectivity index (χ2n) is 7.95. The first-order chi connectivity index (χ1) is 15.3. The summed E-state index contributed by atoms with van der Waals surface area (Å²) < 4.78 is 42.7. The molecule has 0 aromatic heterocycles. The predicted octanol–water partition coefficient (Wildman–Crippen LogP) is 7.58. The van der Waals surface area contributed by atoms with Gasteiger partial charge >= 0.3 is 6.18 Å². The fraction of sp³-hybridized carbons (Fsp3) is 0.462. The maximum atomic E-state index is 12.3. The molecule has 0 atom stereocenters. The van der Waals surface area contributed by atoms with Crippen molar-refractivity contribution < 1.29 is 27.5 Å². The molecule has 0 amide bonds. The van der Waals surface area contributed by atoms with Crippen LogP contribution in [0.4, 0.5) is 13.2 Å². The molecule has 32 heavy (non-hydrogen) atoms. The molecule has 0 saturated carbocycles. The molecule has 0 N–H and O–H groups in total. The number of carbonyl (C=O) groups is 2. The van der Waals surface area contributed by atoms with Crippen LogP contribution in [0.25, 0.3) is 11.1 Å². The van der Waals surface area contributed by atoms with Gasteiger partial charge in [0, 0.05) is 5.56 Å². The van der Waals surface area contributed by atoms with E-state index in [9.17, 15) is 22.8 Å². The van der Waals surface area contributed by atoms with E-state index in [4.69, 9.17) is 4.74 Å². The largest absolute Gasteiger partial charge is 0.494 e. The second-order valence-corrected chi connectivity index (χ2v) is 7.95. The third-order valence-electron chi connectivity index (χ3n) is 5.30. The Kier molecular flexibility index (Phi) is 10.4. The average molecular weight is 449 g/mol. The Labute approximate surface area is 188 Å². The summed E-state index contributed by atoms with van der Waals surface area (Å²) in [6.45, 7) is 2.90. The number of rotatable bonds is 14. The number of carbonyl (C=O) groups excluding carboxylic acids is 2. The van der Waals surface area contributed by atoms with Gasteiger partial charge in [-0.15, -0.1) is 0 Å². The Morgan fingerprint density at radius 2 is 1.25 bits per heavy atom. The van der Waals surface area contributed by atoms with Crippen molar-refractivity contribution in [3.63, 3.8) is 0 Å². The normalized spacial score (nSPS) is 11.4. The van der Waals surface area contributed by atoms with Crippen LogP contribution in [0.3, 0.4) is 0 Å². The highest BCUT2D eigenvalue weighted by Crippen LogP contribution is 2.24. The van der Waals surface area contributed by atoms with Crippen LogP contribution in [0, 0.1) is 0 Å². The summed E-state index contributed by atoms with van der Waals surface area (Å²) in [6.07, 6.45) is 3.81. The summed E-state index contributed by atoms with van der Waals surface area (Å²) in [5, 5.41) is 0. The van der Waals surface area contributed by atoms with Crippen molar-refractivity contribution in [1.29, 1.82) is 0 Å². The molecule has 0 spiro atoms. The van der Waals surface area contributed by atoms with E-state index in [1.165, 1.54) is 57.1 Å². The summed E-state index contributed by atoms with van der Waals surface area (Å²) in [5.74, 6) is -2.09. The molecule has 0 aliphatic carbocycles. The zero-order chi connectivity index (χ0) is 23.4. The molecule has 2 aromatic rings. The van der Waals surface area contributed by atoms with Crippen LogP contribution in [0.15, 0.2) is 48.5 Å². The van der Waals surface area contributed by atoms with Crippen LogP contribution in [0.1, 0.15) is 75.1 Å². The summed E-state index contributed by atoms with van der Waals surface area (Å²) in [5.41, 5.74) is 1.80. The lowest BCUT2D eigenvalue weighted by Crippen LogP contribution is -2.25. The maximum Gasteiger partial charge on any atom is 0.450 e. The van der Waals surface area contributed by atoms with Gasteiger partial charge in [-0.05, 0) is 29.7 Å². The van der Waals surface area contributed by atoms with Crippen molar-refractivity contribution in [3.05, 3.63) is 54.1 Å². The van der Waals surface area contributed by atoms with Crippen LogP contribution >= 0.6 is 0 Å². The third-order valence-corrected chi connectivity index (χ3v) is 5.30. The minimum atomic E-state index is -4.99. The number of Topliss-reactive ketones (excluding diaryl/α,β-unsaturated/α-hetero) is 2. The standard InChI is InChI=1S/C26H31F3O3/c1-2-3-4-5-6-7-8-9-18-32-23-16-14-21(15-17-23)20-10-12-22(13-11-20)24(30)19-25(31)26(27,28)29/h10-17H,2-9,18-19H2,1H3. The Hall–Kier alpha value is -2.63. The monoisotopic (exact) mass is 448 g/mol. The lowest BCUT2D eigenvalue weighted by molar-refractivity contribution is -0.170. The highest BCUT2D eigenvalue weighted by Gasteiger charge is 2.39. The number of hydrogen-bond acceptors (Lipinski definition) is 3. The second kappa shape index (κ2) is 13.0. The number of halogens is 3. The van der Waals surface area contributed by atoms with Gasteiger partial charge in [-0.25, -0.2) is 0 Å². The molecule has 2 rings (SSSR count). The number of alkyl halides is 3. The lowest BCUT2D eigenvalue weighted by Gasteiger charge is -2.08. The molecule has 0 aliphatic rings. The Morgan fingerprint density at radius 1 is 0.750 bits per heavy atom. The van der Waals surface area contributed by atoms with E-state index < -0.39 is 24.2 Å². The number of benzene rings is 2. The highest BCUT2D eigenvalue weighted by atomic mass is 19.4. The number of hydrogen-bond donors (Lipinski definition) is 0. The molecule has 0 heterocycles. The Balaban J connectivity index is 1.76. The number of ether oxygens (including phenoxy) is 1. The fourth-order valence-corrected chi connectivity index (χ4v) is 3.37. The van der Waals surface area contributed by atoms with Crippen LogP contribution in [-0.4, -0.2) is 24.3 Å². The molecule has 6 heteroatoms. The molecule has 0 aliphatic heterocycles. The molecule has 0 bridgehead atoms. The first-order valence-electron chi connectivity index (χ1n) is 11.3. The van der Waals surface area contributed by atoms with E-state index in [0.717, 1.165) is 23.3 Å². The lowest BCUT2D eigenvalue weighted by atomic mass is 10.0. The smallest absolute Gasteiger partial charge is 0.450 e. The van der Waals surface area contributed by atoms with E-state index >= 15 is 0 Å². The van der Waals surface area contributed by atoms with Crippen molar-refractivity contribution in [1.82, 2.24) is 0 Å². The van der Waals surface area contributed by atoms with Crippen molar-refractivity contribution in [3.8, 4) is 16.9 Å². The maximum absolute atomic E-state index is 12.3. The molecule has 2 aromatic carbocycles. The zero-order valence-corrected chi connectivity index (χ0v) is 18.5. The van der Waals surface area contributed by atoms with Crippen molar-refractivity contribution in [2.45, 2.75) is 70.9 Å². The van der Waals surface area contributed by atoms with Gasteiger partial charge in [-0.1, -0.05) is 88.3 Å². The van der Waals surface area contributed by atoms with E-state index in [0.29, 0.717) is 6.61 Å². The number of ketones is 2. The Morgan fingerprint density at radius 3 is 1.78 bits per heavy atom. The van der Waals surface area contributed by atoms with Crippen LogP contribution in [0.5, 0.6) is 5.75 Å². The summed E-state index contributed by atoms with van der Waals surface area (Å²) >= 11 is 0. The van der Waals surface area contributed by atoms with Crippen molar-refractivity contribution in [2.24, 2.45) is 0 Å². The topological polar surface area (TPSA) is 43.4 Å². The zero-order valence-electron chi connectivity index (χ0n) is 18.5. The minimum Gasteiger partial charge on any atom is -0.494 e. The summed E-state index contributed by atoms with van der Waals surface area (Å²) in [6, 6.07) is 13.7. The summed E-state index contributed by atoms with van der Waals surface area (Å²) in [4.78, 5) is 22.9. The molecular weight excluding hydrogens is 417 g/mol. The van der Waals surface area contributed by atoms with Crippen LogP contribution in [0.2, 0.25) is 0 Å². The van der Waals surface area contributed by atoms with E-state index in [1.54, 1.807) is 12.1 Å².